The molecular weight excluding hydrogens is 335 g/mol. The van der Waals surface area contributed by atoms with Gasteiger partial charge in [0.25, 0.3) is 0 Å². The van der Waals surface area contributed by atoms with Crippen molar-refractivity contribution in [3.05, 3.63) is 59.9 Å². The summed E-state index contributed by atoms with van der Waals surface area (Å²) in [6, 6.07) is 13.4. The van der Waals surface area contributed by atoms with Crippen LogP contribution >= 0.6 is 0 Å². The second kappa shape index (κ2) is 7.99. The van der Waals surface area contributed by atoms with E-state index in [2.05, 4.69) is 5.32 Å². The summed E-state index contributed by atoms with van der Waals surface area (Å²) >= 11 is 0. The Morgan fingerprint density at radius 1 is 1.19 bits per heavy atom. The predicted molar refractivity (Wildman–Crippen MR) is 97.8 cm³/mol. The molecule has 2 aromatic carbocycles. The molecule has 5 nitrogen and oxygen atoms in total. The van der Waals surface area contributed by atoms with Gasteiger partial charge in [-0.25, -0.2) is 9.18 Å². The van der Waals surface area contributed by atoms with E-state index in [0.717, 1.165) is 17.7 Å². The fourth-order valence-corrected chi connectivity index (χ4v) is 3.02. The molecule has 1 N–H and O–H groups in total. The number of halogens is 1. The summed E-state index contributed by atoms with van der Waals surface area (Å²) in [5, 5.41) is 2.87. The Labute approximate surface area is 151 Å². The number of nitrogens with one attached hydrogen (secondary N) is 1. The maximum absolute atomic E-state index is 13.1. The van der Waals surface area contributed by atoms with Crippen molar-refractivity contribution in [2.45, 2.75) is 25.7 Å². The maximum atomic E-state index is 13.1. The molecule has 26 heavy (non-hydrogen) atoms. The highest BCUT2D eigenvalue weighted by atomic mass is 19.1. The Morgan fingerprint density at radius 2 is 1.88 bits per heavy atom. The summed E-state index contributed by atoms with van der Waals surface area (Å²) in [6.45, 7) is 2.92. The van der Waals surface area contributed by atoms with Crippen LogP contribution in [0.15, 0.2) is 48.5 Å². The second-order valence-electron chi connectivity index (χ2n) is 6.22. The van der Waals surface area contributed by atoms with Gasteiger partial charge in [0.15, 0.2) is 0 Å². The van der Waals surface area contributed by atoms with Gasteiger partial charge in [-0.1, -0.05) is 19.1 Å². The summed E-state index contributed by atoms with van der Waals surface area (Å²) in [4.78, 5) is 25.5. The molecule has 136 valence electrons. The van der Waals surface area contributed by atoms with Crippen molar-refractivity contribution < 1.29 is 18.7 Å². The number of carbonyl (C=O) groups is 2. The monoisotopic (exact) mass is 356 g/mol. The third-order valence-electron chi connectivity index (χ3n) is 4.49. The van der Waals surface area contributed by atoms with Crippen LogP contribution in [0.1, 0.15) is 31.2 Å². The van der Waals surface area contributed by atoms with Crippen molar-refractivity contribution in [1.82, 2.24) is 0 Å². The molecule has 1 unspecified atom stereocenters. The third-order valence-corrected chi connectivity index (χ3v) is 4.49. The molecule has 0 bridgehead atoms. The fourth-order valence-electron chi connectivity index (χ4n) is 3.02. The average molecular weight is 356 g/mol. The second-order valence-corrected chi connectivity index (χ2v) is 6.22. The van der Waals surface area contributed by atoms with Crippen LogP contribution in [-0.4, -0.2) is 25.2 Å². The summed E-state index contributed by atoms with van der Waals surface area (Å²) < 4.78 is 18.0. The van der Waals surface area contributed by atoms with E-state index in [1.807, 2.05) is 6.92 Å². The third kappa shape index (κ3) is 4.20. The quantitative estimate of drug-likeness (QED) is 0.839. The molecule has 1 heterocycles. The van der Waals surface area contributed by atoms with Crippen molar-refractivity contribution >= 4 is 23.4 Å². The van der Waals surface area contributed by atoms with Gasteiger partial charge in [0.1, 0.15) is 12.4 Å². The Morgan fingerprint density at radius 3 is 2.46 bits per heavy atom. The van der Waals surface area contributed by atoms with Crippen LogP contribution in [-0.2, 0) is 9.53 Å². The van der Waals surface area contributed by atoms with E-state index >= 15 is 0 Å². The van der Waals surface area contributed by atoms with E-state index < -0.39 is 0 Å². The highest BCUT2D eigenvalue weighted by molar-refractivity contribution is 5.92. The lowest BCUT2D eigenvalue weighted by Crippen LogP contribution is -2.23. The first-order chi connectivity index (χ1) is 12.6. The SMILES string of the molecule is CCC(CC(=O)Nc1ccc(N2CCOC2=O)cc1)c1ccc(F)cc1. The summed E-state index contributed by atoms with van der Waals surface area (Å²) in [5.41, 5.74) is 2.36. The lowest BCUT2D eigenvalue weighted by atomic mass is 9.93. The fraction of sp³-hybridized carbons (Fsp3) is 0.300. The first-order valence-electron chi connectivity index (χ1n) is 8.66. The zero-order valence-corrected chi connectivity index (χ0v) is 14.6. The lowest BCUT2D eigenvalue weighted by molar-refractivity contribution is -0.116. The Bertz CT molecular complexity index is 775. The zero-order chi connectivity index (χ0) is 18.5. The van der Waals surface area contributed by atoms with Gasteiger partial charge in [-0.3, -0.25) is 9.69 Å². The zero-order valence-electron chi connectivity index (χ0n) is 14.6. The Hall–Kier alpha value is -2.89. The number of hydrogen-bond acceptors (Lipinski definition) is 3. The van der Waals surface area contributed by atoms with Crippen molar-refractivity contribution in [2.24, 2.45) is 0 Å². The average Bonchev–Trinajstić information content (AvgIpc) is 3.07. The number of ether oxygens (including phenoxy) is 1. The predicted octanol–water partition coefficient (Wildman–Crippen LogP) is 4.30. The number of carbonyl (C=O) groups excluding carboxylic acids is 2. The molecule has 1 aliphatic rings. The van der Waals surface area contributed by atoms with Crippen molar-refractivity contribution in [1.29, 1.82) is 0 Å². The molecule has 2 amide bonds. The smallest absolute Gasteiger partial charge is 0.414 e. The van der Waals surface area contributed by atoms with Crippen LogP contribution in [0, 0.1) is 5.82 Å². The van der Waals surface area contributed by atoms with Crippen molar-refractivity contribution in [2.75, 3.05) is 23.4 Å². The topological polar surface area (TPSA) is 58.6 Å². The summed E-state index contributed by atoms with van der Waals surface area (Å²) in [7, 11) is 0. The molecular formula is C20H21FN2O3. The van der Waals surface area contributed by atoms with E-state index in [9.17, 15) is 14.0 Å². The van der Waals surface area contributed by atoms with Gasteiger partial charge >= 0.3 is 6.09 Å². The number of amides is 2. The van der Waals surface area contributed by atoms with Gasteiger partial charge in [-0.2, -0.15) is 0 Å². The molecule has 1 saturated heterocycles. The van der Waals surface area contributed by atoms with Crippen LogP contribution in [0.4, 0.5) is 20.6 Å². The molecule has 1 aliphatic heterocycles. The van der Waals surface area contributed by atoms with Gasteiger partial charge in [0.05, 0.1) is 6.54 Å². The van der Waals surface area contributed by atoms with Crippen LogP contribution in [0.25, 0.3) is 0 Å². The highest BCUT2D eigenvalue weighted by Gasteiger charge is 2.23. The van der Waals surface area contributed by atoms with E-state index in [0.29, 0.717) is 25.3 Å². The van der Waals surface area contributed by atoms with Crippen molar-refractivity contribution in [3.63, 3.8) is 0 Å². The number of benzene rings is 2. The molecule has 1 atom stereocenters. The van der Waals surface area contributed by atoms with E-state index in [4.69, 9.17) is 4.74 Å². The number of hydrogen-bond donors (Lipinski definition) is 1. The van der Waals surface area contributed by atoms with Crippen LogP contribution in [0.5, 0.6) is 0 Å². The Balaban J connectivity index is 1.60. The molecule has 1 fully saturated rings. The van der Waals surface area contributed by atoms with E-state index in [1.165, 1.54) is 12.1 Å². The first-order valence-corrected chi connectivity index (χ1v) is 8.66. The lowest BCUT2D eigenvalue weighted by Gasteiger charge is -2.16. The molecule has 0 spiro atoms. The summed E-state index contributed by atoms with van der Waals surface area (Å²) in [6.07, 6.45) is 0.754. The van der Waals surface area contributed by atoms with Crippen LogP contribution in [0.3, 0.4) is 0 Å². The molecule has 0 aliphatic carbocycles. The Kier molecular flexibility index (Phi) is 5.51. The van der Waals surface area contributed by atoms with Gasteiger partial charge in [0.2, 0.25) is 5.91 Å². The minimum Gasteiger partial charge on any atom is -0.447 e. The maximum Gasteiger partial charge on any atom is 0.414 e. The number of anilines is 2. The number of nitrogens with zero attached hydrogens (tertiary/aromatic N) is 1. The van der Waals surface area contributed by atoms with Gasteiger partial charge in [-0.05, 0) is 54.3 Å². The highest BCUT2D eigenvalue weighted by Crippen LogP contribution is 2.25. The molecule has 2 aromatic rings. The first kappa shape index (κ1) is 17.9. The summed E-state index contributed by atoms with van der Waals surface area (Å²) in [5.74, 6) is -0.348. The van der Waals surface area contributed by atoms with Gasteiger partial charge in [-0.15, -0.1) is 0 Å². The van der Waals surface area contributed by atoms with Gasteiger partial charge < -0.3 is 10.1 Å². The van der Waals surface area contributed by atoms with Crippen LogP contribution < -0.4 is 10.2 Å². The normalized spacial score (nSPS) is 14.8. The molecule has 0 saturated carbocycles. The number of cyclic esters (lactones) is 1. The standard InChI is InChI=1S/C20H21FN2O3/c1-2-14(15-3-5-16(21)6-4-15)13-19(24)22-17-7-9-18(10-8-17)23-11-12-26-20(23)25/h3-10,14H,2,11-13H2,1H3,(H,22,24). The number of rotatable bonds is 6. The molecule has 3 rings (SSSR count). The largest absolute Gasteiger partial charge is 0.447 e. The minimum atomic E-state index is -0.355. The van der Waals surface area contributed by atoms with Crippen molar-refractivity contribution in [3.8, 4) is 0 Å². The van der Waals surface area contributed by atoms with Gasteiger partial charge in [0, 0.05) is 17.8 Å². The minimum absolute atomic E-state index is 0.0363. The molecule has 0 aromatic heterocycles. The van der Waals surface area contributed by atoms with Crippen LogP contribution in [0.2, 0.25) is 0 Å². The molecule has 0 radical (unpaired) electrons. The molecule has 6 heteroatoms. The van der Waals surface area contributed by atoms with E-state index in [1.54, 1.807) is 41.3 Å². The van der Waals surface area contributed by atoms with E-state index in [-0.39, 0.29) is 23.7 Å².